The Labute approximate surface area is 92.3 Å². The summed E-state index contributed by atoms with van der Waals surface area (Å²) in [4.78, 5) is 0. The van der Waals surface area contributed by atoms with Crippen molar-refractivity contribution >= 4 is 8.80 Å². The molecule has 1 aromatic rings. The van der Waals surface area contributed by atoms with Crippen LogP contribution >= 0.6 is 0 Å². The molecular weight excluding hydrogens is 208 g/mol. The van der Waals surface area contributed by atoms with Crippen molar-refractivity contribution in [3.8, 4) is 0 Å². The molecule has 0 N–H and O–H groups in total. The molecule has 0 fully saturated rings. The highest BCUT2D eigenvalue weighted by atomic mass is 28.4. The molecule has 0 saturated heterocycles. The van der Waals surface area contributed by atoms with Gasteiger partial charge < -0.3 is 13.3 Å². The fourth-order valence-corrected chi connectivity index (χ4v) is 3.89. The van der Waals surface area contributed by atoms with Crippen LogP contribution in [0.2, 0.25) is 0 Å². The minimum Gasteiger partial charge on any atom is -0.376 e. The van der Waals surface area contributed by atoms with Gasteiger partial charge in [-0.2, -0.15) is 0 Å². The quantitative estimate of drug-likeness (QED) is 0.720. The first-order valence-electron chi connectivity index (χ1n) is 4.90. The maximum atomic E-state index is 5.45. The van der Waals surface area contributed by atoms with Crippen molar-refractivity contribution in [3.05, 3.63) is 35.9 Å². The zero-order valence-electron chi connectivity index (χ0n) is 9.69. The summed E-state index contributed by atoms with van der Waals surface area (Å²) < 4.78 is 16.3. The van der Waals surface area contributed by atoms with Crippen molar-refractivity contribution in [1.82, 2.24) is 0 Å². The van der Waals surface area contributed by atoms with Gasteiger partial charge in [-0.3, -0.25) is 0 Å². The summed E-state index contributed by atoms with van der Waals surface area (Å²) >= 11 is 0. The Morgan fingerprint density at radius 2 is 1.40 bits per heavy atom. The highest BCUT2D eigenvalue weighted by Crippen LogP contribution is 2.27. The third kappa shape index (κ3) is 2.46. The van der Waals surface area contributed by atoms with Gasteiger partial charge in [-0.05, 0) is 5.56 Å². The number of rotatable bonds is 5. The summed E-state index contributed by atoms with van der Waals surface area (Å²) in [6.07, 6.45) is 0. The molecule has 4 heteroatoms. The molecule has 1 aromatic carbocycles. The van der Waals surface area contributed by atoms with Crippen molar-refractivity contribution in [1.29, 1.82) is 0 Å². The van der Waals surface area contributed by atoms with Crippen molar-refractivity contribution < 1.29 is 13.3 Å². The van der Waals surface area contributed by atoms with E-state index in [0.717, 1.165) is 0 Å². The smallest absolute Gasteiger partial charge is 0.376 e. The highest BCUT2D eigenvalue weighted by molar-refractivity contribution is 6.62. The van der Waals surface area contributed by atoms with Gasteiger partial charge in [-0.25, -0.2) is 0 Å². The lowest BCUT2D eigenvalue weighted by molar-refractivity contribution is 0.114. The first-order valence-corrected chi connectivity index (χ1v) is 6.70. The minimum atomic E-state index is -2.56. The molecule has 0 aromatic heterocycles. The number of benzene rings is 1. The van der Waals surface area contributed by atoms with Crippen LogP contribution in [0.25, 0.3) is 0 Å². The molecule has 0 radical (unpaired) electrons. The summed E-state index contributed by atoms with van der Waals surface area (Å²) in [7, 11) is 2.35. The Morgan fingerprint density at radius 1 is 0.933 bits per heavy atom. The van der Waals surface area contributed by atoms with Crippen LogP contribution in [-0.2, 0) is 13.3 Å². The molecule has 1 atom stereocenters. The van der Waals surface area contributed by atoms with Gasteiger partial charge in [0.25, 0.3) is 0 Å². The van der Waals surface area contributed by atoms with E-state index in [0.29, 0.717) is 0 Å². The van der Waals surface area contributed by atoms with Gasteiger partial charge in [0.15, 0.2) is 0 Å². The predicted molar refractivity (Wildman–Crippen MR) is 61.6 cm³/mol. The van der Waals surface area contributed by atoms with Gasteiger partial charge in [-0.1, -0.05) is 37.3 Å². The van der Waals surface area contributed by atoms with Crippen LogP contribution in [0, 0.1) is 0 Å². The highest BCUT2D eigenvalue weighted by Gasteiger charge is 2.45. The molecule has 84 valence electrons. The Balaban J connectivity index is 2.95. The maximum absolute atomic E-state index is 5.45. The van der Waals surface area contributed by atoms with Crippen LogP contribution in [0.15, 0.2) is 30.3 Å². The molecule has 0 unspecified atom stereocenters. The lowest BCUT2D eigenvalue weighted by Crippen LogP contribution is -2.48. The second-order valence-electron chi connectivity index (χ2n) is 3.35. The van der Waals surface area contributed by atoms with Gasteiger partial charge in [-0.15, -0.1) is 0 Å². The summed E-state index contributed by atoms with van der Waals surface area (Å²) in [5, 5.41) is 0. The Hall–Kier alpha value is -0.683. The van der Waals surface area contributed by atoms with E-state index < -0.39 is 8.80 Å². The van der Waals surface area contributed by atoms with Crippen LogP contribution in [0.1, 0.15) is 18.0 Å². The van der Waals surface area contributed by atoms with Crippen molar-refractivity contribution in [3.63, 3.8) is 0 Å². The van der Waals surface area contributed by atoms with E-state index in [1.807, 2.05) is 18.2 Å². The average Bonchev–Trinajstić information content (AvgIpc) is 2.33. The Kier molecular flexibility index (Phi) is 4.47. The van der Waals surface area contributed by atoms with Crippen molar-refractivity contribution in [2.45, 2.75) is 12.5 Å². The van der Waals surface area contributed by atoms with E-state index in [-0.39, 0.29) is 5.54 Å². The van der Waals surface area contributed by atoms with Crippen molar-refractivity contribution in [2.75, 3.05) is 21.3 Å². The second-order valence-corrected chi connectivity index (χ2v) is 6.65. The lowest BCUT2D eigenvalue weighted by Gasteiger charge is -2.30. The normalized spacial score (nSPS) is 13.9. The molecular formula is C11H18O3Si. The first-order chi connectivity index (χ1) is 7.20. The Bertz CT molecular complexity index is 277. The molecule has 0 spiro atoms. The predicted octanol–water partition coefficient (Wildman–Crippen LogP) is 2.21. The van der Waals surface area contributed by atoms with Gasteiger partial charge in [0.1, 0.15) is 0 Å². The van der Waals surface area contributed by atoms with E-state index in [4.69, 9.17) is 13.3 Å². The molecule has 0 heterocycles. The summed E-state index contributed by atoms with van der Waals surface area (Å²) in [6.45, 7) is 2.07. The van der Waals surface area contributed by atoms with Gasteiger partial charge >= 0.3 is 8.80 Å². The summed E-state index contributed by atoms with van der Waals surface area (Å²) in [5.74, 6) is 0. The van der Waals surface area contributed by atoms with Gasteiger partial charge in [0, 0.05) is 21.3 Å². The summed E-state index contributed by atoms with van der Waals surface area (Å²) in [5.41, 5.74) is 1.31. The monoisotopic (exact) mass is 226 g/mol. The molecule has 0 aliphatic heterocycles. The lowest BCUT2D eigenvalue weighted by atomic mass is 10.2. The third-order valence-electron chi connectivity index (χ3n) is 2.68. The van der Waals surface area contributed by atoms with E-state index in [1.165, 1.54) is 5.56 Å². The largest absolute Gasteiger partial charge is 0.507 e. The fourth-order valence-electron chi connectivity index (χ4n) is 1.73. The molecule has 0 aliphatic carbocycles. The molecule has 15 heavy (non-hydrogen) atoms. The number of hydrogen-bond donors (Lipinski definition) is 0. The fraction of sp³-hybridized carbons (Fsp3) is 0.455. The average molecular weight is 226 g/mol. The first kappa shape index (κ1) is 12.4. The third-order valence-corrected chi connectivity index (χ3v) is 5.78. The molecule has 1 rings (SSSR count). The SMILES string of the molecule is CO[Si](OC)(OC)[C@@H](C)c1ccccc1. The minimum absolute atomic E-state index is 0.138. The van der Waals surface area contributed by atoms with E-state index in [2.05, 4.69) is 19.1 Å². The second kappa shape index (κ2) is 5.41. The standard InChI is InChI=1S/C11H18O3Si/c1-10(11-8-6-5-7-9-11)15(12-2,13-3)14-4/h5-10H,1-4H3/t10-/m0/s1. The van der Waals surface area contributed by atoms with Crippen molar-refractivity contribution in [2.24, 2.45) is 0 Å². The van der Waals surface area contributed by atoms with Crippen LogP contribution in [0.5, 0.6) is 0 Å². The van der Waals surface area contributed by atoms with Crippen LogP contribution < -0.4 is 0 Å². The van der Waals surface area contributed by atoms with E-state index >= 15 is 0 Å². The molecule has 0 bridgehead atoms. The van der Waals surface area contributed by atoms with Crippen LogP contribution in [0.3, 0.4) is 0 Å². The molecule has 3 nitrogen and oxygen atoms in total. The molecule has 0 saturated carbocycles. The topological polar surface area (TPSA) is 27.7 Å². The van der Waals surface area contributed by atoms with Crippen LogP contribution in [0.4, 0.5) is 0 Å². The van der Waals surface area contributed by atoms with Crippen LogP contribution in [-0.4, -0.2) is 30.1 Å². The molecule has 0 aliphatic rings. The maximum Gasteiger partial charge on any atom is 0.507 e. The molecule has 0 amide bonds. The number of hydrogen-bond acceptors (Lipinski definition) is 3. The van der Waals surface area contributed by atoms with Gasteiger partial charge in [0.2, 0.25) is 0 Å². The zero-order chi connectivity index (χ0) is 11.3. The van der Waals surface area contributed by atoms with E-state index in [1.54, 1.807) is 21.3 Å². The van der Waals surface area contributed by atoms with Gasteiger partial charge in [0.05, 0.1) is 5.54 Å². The summed E-state index contributed by atoms with van der Waals surface area (Å²) in [6, 6.07) is 10.1. The Morgan fingerprint density at radius 3 is 1.80 bits per heavy atom. The van der Waals surface area contributed by atoms with E-state index in [9.17, 15) is 0 Å². The zero-order valence-corrected chi connectivity index (χ0v) is 10.7.